The van der Waals surface area contributed by atoms with E-state index in [4.69, 9.17) is 29.0 Å². The number of phosphoric ester groups is 1. The number of hydrogen-bond acceptors (Lipinski definition) is 12. The van der Waals surface area contributed by atoms with Crippen LogP contribution in [-0.4, -0.2) is 80.5 Å². The molecule has 0 aliphatic carbocycles. The number of fused-ring (bicyclic) bond motifs is 1. The van der Waals surface area contributed by atoms with Crippen LogP contribution in [0.1, 0.15) is 115 Å². The van der Waals surface area contributed by atoms with Gasteiger partial charge in [-0.3, -0.25) is 9.05 Å². The molecule has 6 atom stereocenters. The number of ether oxygens (including phenoxy) is 3. The van der Waals surface area contributed by atoms with Crippen LogP contribution in [0.5, 0.6) is 5.75 Å². The van der Waals surface area contributed by atoms with Crippen molar-refractivity contribution in [1.82, 2.24) is 14.6 Å². The fourth-order valence-corrected chi connectivity index (χ4v) is 7.47. The van der Waals surface area contributed by atoms with Crippen molar-refractivity contribution in [2.45, 2.75) is 140 Å². The Morgan fingerprint density at radius 3 is 2.13 bits per heavy atom. The van der Waals surface area contributed by atoms with Crippen molar-refractivity contribution in [3.8, 4) is 11.8 Å². The molecule has 1 unspecified atom stereocenters. The summed E-state index contributed by atoms with van der Waals surface area (Å²) in [6.07, 6.45) is 16.3. The van der Waals surface area contributed by atoms with Crippen LogP contribution in [0.4, 0.5) is 5.82 Å². The molecule has 4 rings (SSSR count). The van der Waals surface area contributed by atoms with Gasteiger partial charge in [-0.1, -0.05) is 121 Å². The van der Waals surface area contributed by atoms with E-state index in [1.165, 1.54) is 100 Å². The van der Waals surface area contributed by atoms with Crippen molar-refractivity contribution in [3.05, 3.63) is 54.5 Å². The Morgan fingerprint density at radius 1 is 0.907 bits per heavy atom. The number of aliphatic hydroxyl groups is 2. The van der Waals surface area contributed by atoms with Gasteiger partial charge in [0, 0.05) is 6.61 Å². The number of anilines is 1. The molecule has 1 saturated heterocycles. The van der Waals surface area contributed by atoms with E-state index in [0.717, 1.165) is 19.3 Å². The molecule has 0 bridgehead atoms. The number of nitriles is 1. The molecule has 0 spiro atoms. The molecular formula is C39H60N5O9P. The number of aromatic nitrogens is 3. The number of benzene rings is 1. The molecule has 300 valence electrons. The number of rotatable bonds is 28. The second kappa shape index (κ2) is 23.1. The van der Waals surface area contributed by atoms with Gasteiger partial charge in [0.1, 0.15) is 48.1 Å². The van der Waals surface area contributed by atoms with Gasteiger partial charge >= 0.3 is 7.82 Å². The second-order valence-electron chi connectivity index (χ2n) is 14.1. The molecule has 0 saturated carbocycles. The van der Waals surface area contributed by atoms with Crippen LogP contribution >= 0.6 is 7.82 Å². The van der Waals surface area contributed by atoms with Gasteiger partial charge in [-0.15, -0.1) is 0 Å². The number of nitrogens with zero attached hydrogens (tertiary/aromatic N) is 4. The number of unbranched alkanes of at least 4 members (excludes halogenated alkanes) is 15. The summed E-state index contributed by atoms with van der Waals surface area (Å²) in [7, 11) is -4.72. The maximum absolute atomic E-state index is 12.9. The lowest BCUT2D eigenvalue weighted by atomic mass is 9.92. The molecule has 3 heterocycles. The van der Waals surface area contributed by atoms with Gasteiger partial charge in [-0.25, -0.2) is 14.1 Å². The average molecular weight is 774 g/mol. The minimum atomic E-state index is -4.72. The zero-order chi connectivity index (χ0) is 38.7. The topological polar surface area (TPSA) is 204 Å². The Bertz CT molecular complexity index is 1590. The van der Waals surface area contributed by atoms with Gasteiger partial charge in [0.2, 0.25) is 5.60 Å². The van der Waals surface area contributed by atoms with Crippen LogP contribution in [0.2, 0.25) is 0 Å². The third-order valence-electron chi connectivity index (χ3n) is 9.80. The van der Waals surface area contributed by atoms with E-state index in [1.807, 2.05) is 24.3 Å². The molecule has 5 N–H and O–H groups in total. The first kappa shape index (κ1) is 43.6. The van der Waals surface area contributed by atoms with Gasteiger partial charge < -0.3 is 35.1 Å². The van der Waals surface area contributed by atoms with E-state index < -0.39 is 44.4 Å². The molecule has 1 fully saturated rings. The minimum absolute atomic E-state index is 0.0899. The zero-order valence-electron chi connectivity index (χ0n) is 31.7. The Balaban J connectivity index is 1.15. The van der Waals surface area contributed by atoms with E-state index in [-0.39, 0.29) is 24.7 Å². The summed E-state index contributed by atoms with van der Waals surface area (Å²) in [6.45, 7) is 1.90. The van der Waals surface area contributed by atoms with Gasteiger partial charge in [0.25, 0.3) is 0 Å². The molecule has 15 heteroatoms. The summed E-state index contributed by atoms with van der Waals surface area (Å²) in [6, 6.07) is 13.9. The molecule has 1 aliphatic rings. The first-order valence-corrected chi connectivity index (χ1v) is 21.2. The van der Waals surface area contributed by atoms with Crippen molar-refractivity contribution in [3.63, 3.8) is 0 Å². The minimum Gasteiger partial charge on any atom is -0.486 e. The van der Waals surface area contributed by atoms with Crippen molar-refractivity contribution in [1.29, 1.82) is 5.26 Å². The molecule has 2 aromatic heterocycles. The molecule has 1 aliphatic heterocycles. The zero-order valence-corrected chi connectivity index (χ0v) is 32.6. The summed E-state index contributed by atoms with van der Waals surface area (Å²) in [4.78, 5) is 14.4. The van der Waals surface area contributed by atoms with E-state index in [0.29, 0.717) is 17.9 Å². The standard InChI is InChI=1S/C39H60N5O9P/c1-2-3-4-5-6-7-8-9-10-11-12-13-14-15-16-20-25-49-26-32(52-31-21-18-17-19-22-31)27-50-54(47,48)51-28-34-36(45)37(46)39(29-40,53-34)35-24-23-33-38(41)42-30-43-44(33)35/h17-19,21-24,30,32,34,36-37,45-46H,2-16,20,25-28H2,1H3,(H,47,48)(H2,41,42,43)/t32-,34-,36-,37-,39+/m1/s1. The SMILES string of the molecule is CCCCCCCCCCCCCCCCCCOC[C@H](COP(=O)(O)OC[C@H]1O[C@@](C#N)(c2ccc3c(N)ncnn23)[C@H](O)[C@@H]1O)Oc1ccccc1. The molecule has 14 nitrogen and oxygen atoms in total. The van der Waals surface area contributed by atoms with Crippen LogP contribution in [-0.2, 0) is 28.7 Å². The lowest BCUT2D eigenvalue weighted by Crippen LogP contribution is -2.41. The van der Waals surface area contributed by atoms with Crippen molar-refractivity contribution in [2.75, 3.05) is 32.2 Å². The van der Waals surface area contributed by atoms with Gasteiger partial charge in [0.05, 0.1) is 25.5 Å². The summed E-state index contributed by atoms with van der Waals surface area (Å²) in [5.41, 5.74) is 4.27. The third-order valence-corrected chi connectivity index (χ3v) is 10.8. The fourth-order valence-electron chi connectivity index (χ4n) is 6.71. The van der Waals surface area contributed by atoms with E-state index >= 15 is 0 Å². The molecule has 0 amide bonds. The van der Waals surface area contributed by atoms with E-state index in [2.05, 4.69) is 17.0 Å². The first-order valence-electron chi connectivity index (χ1n) is 19.7. The Kier molecular flexibility index (Phi) is 18.6. The normalized spacial score (nSPS) is 21.6. The van der Waals surface area contributed by atoms with Crippen LogP contribution in [0.25, 0.3) is 5.52 Å². The number of nitrogens with two attached hydrogens (primary N) is 1. The largest absolute Gasteiger partial charge is 0.486 e. The fraction of sp³-hybridized carbons (Fsp3) is 0.667. The number of nitrogen functional groups attached to an aromatic ring is 1. The molecule has 3 aromatic rings. The smallest absolute Gasteiger partial charge is 0.472 e. The van der Waals surface area contributed by atoms with Gasteiger partial charge in [-0.2, -0.15) is 10.4 Å². The molecule has 54 heavy (non-hydrogen) atoms. The Morgan fingerprint density at radius 2 is 1.52 bits per heavy atom. The summed E-state index contributed by atoms with van der Waals surface area (Å²) in [5, 5.41) is 35.9. The molecular weight excluding hydrogens is 713 g/mol. The highest BCUT2D eigenvalue weighted by atomic mass is 31.2. The van der Waals surface area contributed by atoms with Crippen LogP contribution < -0.4 is 10.5 Å². The molecule has 1 aromatic carbocycles. The van der Waals surface area contributed by atoms with Crippen molar-refractivity contribution in [2.24, 2.45) is 0 Å². The quantitative estimate of drug-likeness (QED) is 0.0434. The van der Waals surface area contributed by atoms with E-state index in [9.17, 15) is 24.9 Å². The molecule has 0 radical (unpaired) electrons. The predicted octanol–water partition coefficient (Wildman–Crippen LogP) is 7.01. The lowest BCUT2D eigenvalue weighted by Gasteiger charge is -2.24. The first-order chi connectivity index (χ1) is 26.2. The highest BCUT2D eigenvalue weighted by Gasteiger charge is 2.58. The Labute approximate surface area is 319 Å². The maximum Gasteiger partial charge on any atom is 0.472 e. The number of para-hydroxylation sites is 1. The van der Waals surface area contributed by atoms with Crippen molar-refractivity contribution < 1.29 is 42.9 Å². The second-order valence-corrected chi connectivity index (χ2v) is 15.5. The predicted molar refractivity (Wildman–Crippen MR) is 205 cm³/mol. The summed E-state index contributed by atoms with van der Waals surface area (Å²) >= 11 is 0. The number of phosphoric acid groups is 1. The van der Waals surface area contributed by atoms with E-state index in [1.54, 1.807) is 18.2 Å². The van der Waals surface area contributed by atoms with Crippen LogP contribution in [0.15, 0.2) is 48.8 Å². The summed E-state index contributed by atoms with van der Waals surface area (Å²) in [5.74, 6) is 0.677. The highest BCUT2D eigenvalue weighted by molar-refractivity contribution is 7.47. The number of hydrogen-bond donors (Lipinski definition) is 4. The monoisotopic (exact) mass is 773 g/mol. The van der Waals surface area contributed by atoms with Crippen LogP contribution in [0.3, 0.4) is 0 Å². The van der Waals surface area contributed by atoms with Crippen molar-refractivity contribution >= 4 is 19.2 Å². The Hall–Kier alpha value is -3.12. The average Bonchev–Trinajstić information content (AvgIpc) is 3.72. The maximum atomic E-state index is 12.9. The van der Waals surface area contributed by atoms with Gasteiger partial charge in [0.15, 0.2) is 5.82 Å². The van der Waals surface area contributed by atoms with Crippen LogP contribution in [0, 0.1) is 11.3 Å². The summed E-state index contributed by atoms with van der Waals surface area (Å²) < 4.78 is 42.4. The highest BCUT2D eigenvalue weighted by Crippen LogP contribution is 2.46. The third kappa shape index (κ3) is 13.3. The number of aliphatic hydroxyl groups excluding tert-OH is 2. The van der Waals surface area contributed by atoms with Gasteiger partial charge in [-0.05, 0) is 30.7 Å². The lowest BCUT2D eigenvalue weighted by molar-refractivity contribution is -0.0651.